The number of alkyl halides is 3. The van der Waals surface area contributed by atoms with Gasteiger partial charge in [-0.15, -0.1) is 13.2 Å². The fraction of sp³-hybridized carbons (Fsp3) is 0.652. The molecule has 0 saturated heterocycles. The molecule has 0 bridgehead atoms. The lowest BCUT2D eigenvalue weighted by atomic mass is 9.68. The third kappa shape index (κ3) is 6.72. The predicted molar refractivity (Wildman–Crippen MR) is 107 cm³/mol. The molecule has 0 heterocycles. The zero-order chi connectivity index (χ0) is 20.0. The first-order valence-corrected chi connectivity index (χ1v) is 11.0. The van der Waals surface area contributed by atoms with Crippen LogP contribution in [0.15, 0.2) is 35.9 Å². The minimum Gasteiger partial charge on any atom is -0.406 e. The quantitative estimate of drug-likeness (QED) is 0.460. The van der Waals surface area contributed by atoms with E-state index in [9.17, 15) is 13.2 Å². The first-order valence-electron chi connectivity index (χ1n) is 10.5. The van der Waals surface area contributed by atoms with Crippen LogP contribution in [0.2, 0.25) is 0 Å². The van der Waals surface area contributed by atoms with Gasteiger partial charge in [-0.3, -0.25) is 0 Å². The normalized spacial score (nSPS) is 29.1. The number of hydrogen-bond donors (Lipinski definition) is 0. The van der Waals surface area contributed by atoms with Gasteiger partial charge in [0.1, 0.15) is 5.75 Å². The van der Waals surface area contributed by atoms with Crippen molar-refractivity contribution in [3.05, 3.63) is 41.4 Å². The topological polar surface area (TPSA) is 9.23 Å². The Bertz CT molecular complexity index is 610. The molecule has 156 valence electrons. The van der Waals surface area contributed by atoms with Crippen molar-refractivity contribution in [2.45, 2.75) is 70.6 Å². The van der Waals surface area contributed by atoms with Crippen molar-refractivity contribution in [3.63, 3.8) is 0 Å². The summed E-state index contributed by atoms with van der Waals surface area (Å²) in [6.45, 7) is 0. The van der Waals surface area contributed by atoms with Crippen molar-refractivity contribution in [2.24, 2.45) is 23.7 Å². The van der Waals surface area contributed by atoms with E-state index in [1.54, 1.807) is 17.7 Å². The molecule has 1 aromatic rings. The van der Waals surface area contributed by atoms with Crippen LogP contribution in [0.1, 0.15) is 63.4 Å². The van der Waals surface area contributed by atoms with Crippen molar-refractivity contribution >= 4 is 11.6 Å². The van der Waals surface area contributed by atoms with Gasteiger partial charge < -0.3 is 4.74 Å². The van der Waals surface area contributed by atoms with E-state index in [2.05, 4.69) is 10.8 Å². The fourth-order valence-electron chi connectivity index (χ4n) is 5.09. The molecule has 28 heavy (non-hydrogen) atoms. The second-order valence-electron chi connectivity index (χ2n) is 8.50. The summed E-state index contributed by atoms with van der Waals surface area (Å²) >= 11 is 5.71. The molecule has 0 aromatic heterocycles. The van der Waals surface area contributed by atoms with Gasteiger partial charge in [0.25, 0.3) is 0 Å². The summed E-state index contributed by atoms with van der Waals surface area (Å²) in [4.78, 5) is 0. The van der Waals surface area contributed by atoms with Crippen LogP contribution in [0, 0.1) is 23.7 Å². The average molecular weight is 415 g/mol. The highest BCUT2D eigenvalue weighted by molar-refractivity contribution is 6.25. The molecule has 0 spiro atoms. The molecule has 2 aliphatic carbocycles. The maximum absolute atomic E-state index is 12.2. The van der Waals surface area contributed by atoms with Gasteiger partial charge in [-0.05, 0) is 92.7 Å². The molecule has 1 aromatic carbocycles. The second-order valence-corrected chi connectivity index (χ2v) is 8.76. The van der Waals surface area contributed by atoms with Gasteiger partial charge in [-0.25, -0.2) is 0 Å². The van der Waals surface area contributed by atoms with E-state index in [0.29, 0.717) is 5.92 Å². The van der Waals surface area contributed by atoms with E-state index in [4.69, 9.17) is 11.6 Å². The Labute approximate surface area is 171 Å². The Balaban J connectivity index is 1.37. The number of hydrogen-bond acceptors (Lipinski definition) is 1. The molecule has 0 unspecified atom stereocenters. The standard InChI is InChI=1S/C23H30ClF3O/c24-16-15-19-5-11-21(12-6-19)20-9-3-17(4-10-20)1-2-18-7-13-22(14-8-18)28-23(25,26)27/h7-8,13-17,19-21H,1-6,9-12H2. The van der Waals surface area contributed by atoms with Crippen LogP contribution in [0.3, 0.4) is 0 Å². The fourth-order valence-corrected chi connectivity index (χ4v) is 5.29. The summed E-state index contributed by atoms with van der Waals surface area (Å²) in [6, 6.07) is 6.33. The highest BCUT2D eigenvalue weighted by atomic mass is 35.5. The highest BCUT2D eigenvalue weighted by Gasteiger charge is 2.31. The van der Waals surface area contributed by atoms with Crippen molar-refractivity contribution in [3.8, 4) is 5.75 Å². The molecule has 0 N–H and O–H groups in total. The third-order valence-electron chi connectivity index (χ3n) is 6.72. The smallest absolute Gasteiger partial charge is 0.406 e. The molecule has 2 fully saturated rings. The highest BCUT2D eigenvalue weighted by Crippen LogP contribution is 2.42. The summed E-state index contributed by atoms with van der Waals surface area (Å²) in [5, 5.41) is 0. The molecule has 5 heteroatoms. The zero-order valence-electron chi connectivity index (χ0n) is 16.3. The Morgan fingerprint density at radius 3 is 2.00 bits per heavy atom. The molecule has 2 saturated carbocycles. The van der Waals surface area contributed by atoms with Gasteiger partial charge in [0.05, 0.1) is 0 Å². The van der Waals surface area contributed by atoms with E-state index in [1.165, 1.54) is 63.5 Å². The Kier molecular flexibility index (Phi) is 7.73. The van der Waals surface area contributed by atoms with Crippen molar-refractivity contribution in [1.29, 1.82) is 0 Å². The predicted octanol–water partition coefficient (Wildman–Crippen LogP) is 7.88. The number of allylic oxidation sites excluding steroid dienone is 1. The Morgan fingerprint density at radius 1 is 0.893 bits per heavy atom. The molecule has 0 radical (unpaired) electrons. The number of aryl methyl sites for hydroxylation is 1. The maximum atomic E-state index is 12.2. The molecule has 0 aliphatic heterocycles. The van der Waals surface area contributed by atoms with Gasteiger partial charge in [-0.1, -0.05) is 42.7 Å². The lowest BCUT2D eigenvalue weighted by Gasteiger charge is -2.37. The number of ether oxygens (including phenoxy) is 1. The van der Waals surface area contributed by atoms with Gasteiger partial charge in [0.15, 0.2) is 0 Å². The van der Waals surface area contributed by atoms with Crippen molar-refractivity contribution in [2.75, 3.05) is 0 Å². The molecule has 1 nitrogen and oxygen atoms in total. The van der Waals surface area contributed by atoms with Gasteiger partial charge in [0.2, 0.25) is 0 Å². The summed E-state index contributed by atoms with van der Waals surface area (Å²) in [5.41, 5.74) is 2.76. The van der Waals surface area contributed by atoms with Crippen molar-refractivity contribution in [1.82, 2.24) is 0 Å². The minimum absolute atomic E-state index is 0.145. The molecule has 2 aliphatic rings. The molecule has 0 atom stereocenters. The first-order chi connectivity index (χ1) is 13.4. The van der Waals surface area contributed by atoms with Crippen LogP contribution in [0.4, 0.5) is 13.2 Å². The zero-order valence-corrected chi connectivity index (χ0v) is 17.0. The second kappa shape index (κ2) is 10.0. The summed E-state index contributed by atoms with van der Waals surface area (Å²) in [7, 11) is 0. The van der Waals surface area contributed by atoms with E-state index >= 15 is 0 Å². The monoisotopic (exact) mass is 414 g/mol. The number of rotatable bonds is 6. The van der Waals surface area contributed by atoms with E-state index in [-0.39, 0.29) is 5.75 Å². The first kappa shape index (κ1) is 21.5. The lowest BCUT2D eigenvalue weighted by molar-refractivity contribution is -0.274. The van der Waals surface area contributed by atoms with Crippen LogP contribution >= 0.6 is 11.6 Å². The number of halogens is 4. The van der Waals surface area contributed by atoms with E-state index in [0.717, 1.165) is 36.2 Å². The average Bonchev–Trinajstić information content (AvgIpc) is 2.68. The van der Waals surface area contributed by atoms with Crippen LogP contribution < -0.4 is 4.74 Å². The Hall–Kier alpha value is -1.16. The van der Waals surface area contributed by atoms with Crippen LogP contribution in [-0.2, 0) is 6.42 Å². The van der Waals surface area contributed by atoms with Gasteiger partial charge >= 0.3 is 6.36 Å². The maximum Gasteiger partial charge on any atom is 0.573 e. The Morgan fingerprint density at radius 2 is 1.46 bits per heavy atom. The molecular formula is C23H30ClF3O. The molecule has 3 rings (SSSR count). The minimum atomic E-state index is -4.62. The number of benzene rings is 1. The van der Waals surface area contributed by atoms with E-state index < -0.39 is 6.36 Å². The lowest BCUT2D eigenvalue weighted by Crippen LogP contribution is -2.25. The van der Waals surface area contributed by atoms with Gasteiger partial charge in [0, 0.05) is 5.54 Å². The largest absolute Gasteiger partial charge is 0.573 e. The molecule has 0 amide bonds. The van der Waals surface area contributed by atoms with Crippen LogP contribution in [0.5, 0.6) is 5.75 Å². The van der Waals surface area contributed by atoms with Crippen LogP contribution in [0.25, 0.3) is 0 Å². The third-order valence-corrected chi connectivity index (χ3v) is 6.86. The van der Waals surface area contributed by atoms with Crippen molar-refractivity contribution < 1.29 is 17.9 Å². The summed E-state index contributed by atoms with van der Waals surface area (Å²) in [5.74, 6) is 3.06. The van der Waals surface area contributed by atoms with E-state index in [1.807, 2.05) is 0 Å². The summed E-state index contributed by atoms with van der Waals surface area (Å²) in [6.07, 6.45) is 10.1. The SMILES string of the molecule is FC(F)(F)Oc1ccc(CCC2CCC(C3CCC(C=CCl)CC3)CC2)cc1. The summed E-state index contributed by atoms with van der Waals surface area (Å²) < 4.78 is 40.6. The van der Waals surface area contributed by atoms with Gasteiger partial charge in [-0.2, -0.15) is 0 Å². The molecular weight excluding hydrogens is 385 g/mol. The van der Waals surface area contributed by atoms with Crippen LogP contribution in [-0.4, -0.2) is 6.36 Å².